The maximum atomic E-state index is 13.7. The third kappa shape index (κ3) is 4.76. The van der Waals surface area contributed by atoms with Crippen molar-refractivity contribution in [2.24, 2.45) is 5.14 Å². The van der Waals surface area contributed by atoms with Gasteiger partial charge in [-0.25, -0.2) is 23.1 Å². The number of alkyl halides is 6. The maximum Gasteiger partial charge on any atom is 0.420 e. The molecule has 0 unspecified atom stereocenters. The van der Waals surface area contributed by atoms with E-state index in [0.717, 1.165) is 46.3 Å². The van der Waals surface area contributed by atoms with E-state index in [4.69, 9.17) is 5.14 Å². The van der Waals surface area contributed by atoms with Crippen LogP contribution in [0.3, 0.4) is 0 Å². The van der Waals surface area contributed by atoms with Crippen molar-refractivity contribution in [3.63, 3.8) is 0 Å². The van der Waals surface area contributed by atoms with Crippen LogP contribution in [0.5, 0.6) is 0 Å². The van der Waals surface area contributed by atoms with E-state index in [1.165, 1.54) is 12.1 Å². The Bertz CT molecular complexity index is 1560. The number of aromatic nitrogens is 3. The lowest BCUT2D eigenvalue weighted by atomic mass is 10.1. The first-order valence-electron chi connectivity index (χ1n) is 9.02. The van der Waals surface area contributed by atoms with E-state index in [1.807, 2.05) is 0 Å². The van der Waals surface area contributed by atoms with Gasteiger partial charge >= 0.3 is 12.4 Å². The average Bonchev–Trinajstić information content (AvgIpc) is 3.37. The molecule has 3 heterocycles. The van der Waals surface area contributed by atoms with Gasteiger partial charge in [-0.2, -0.15) is 31.4 Å². The number of rotatable bonds is 2. The van der Waals surface area contributed by atoms with Gasteiger partial charge in [0.25, 0.3) is 0 Å². The second kappa shape index (κ2) is 8.12. The quantitative estimate of drug-likeness (QED) is 0.313. The number of fused-ring (bicyclic) bond motifs is 1. The molecule has 0 radical (unpaired) electrons. The van der Waals surface area contributed by atoms with Crippen molar-refractivity contribution in [2.45, 2.75) is 16.6 Å². The van der Waals surface area contributed by atoms with E-state index >= 15 is 0 Å². The van der Waals surface area contributed by atoms with Gasteiger partial charge in [0.2, 0.25) is 10.0 Å². The van der Waals surface area contributed by atoms with Crippen LogP contribution in [0.15, 0.2) is 52.9 Å². The number of benzene rings is 1. The van der Waals surface area contributed by atoms with E-state index in [9.17, 15) is 34.8 Å². The van der Waals surface area contributed by atoms with Crippen molar-refractivity contribution in [2.75, 3.05) is 0 Å². The smallest absolute Gasteiger partial charge is 0.234 e. The molecule has 0 spiro atoms. The Hall–Kier alpha value is -3.41. The Kier molecular flexibility index (Phi) is 5.67. The zero-order valence-corrected chi connectivity index (χ0v) is 18.1. The molecule has 0 bridgehead atoms. The van der Waals surface area contributed by atoms with Crippen molar-refractivity contribution in [1.82, 2.24) is 14.6 Å². The minimum atomic E-state index is -4.83. The van der Waals surface area contributed by atoms with Gasteiger partial charge in [0.1, 0.15) is 15.5 Å². The highest BCUT2D eigenvalue weighted by Gasteiger charge is 2.35. The first-order chi connectivity index (χ1) is 15.7. The van der Waals surface area contributed by atoms with Gasteiger partial charge in [-0.05, 0) is 42.2 Å². The van der Waals surface area contributed by atoms with Crippen molar-refractivity contribution in [1.29, 1.82) is 0 Å². The predicted molar refractivity (Wildman–Crippen MR) is 110 cm³/mol. The van der Waals surface area contributed by atoms with Crippen LogP contribution in [0.1, 0.15) is 21.7 Å². The fraction of sp³-hybridized carbons (Fsp3) is 0.100. The molecule has 0 fully saturated rings. The van der Waals surface area contributed by atoms with Crippen LogP contribution >= 0.6 is 11.3 Å². The number of sulfonamides is 1. The molecule has 0 aliphatic heterocycles. The summed E-state index contributed by atoms with van der Waals surface area (Å²) >= 11 is 0.769. The molecular formula is C20H10F6N4O2S2. The number of nitrogens with zero attached hydrogens (tertiary/aromatic N) is 3. The van der Waals surface area contributed by atoms with Crippen molar-refractivity contribution < 1.29 is 34.8 Å². The molecule has 2 N–H and O–H groups in total. The molecule has 3 aromatic heterocycles. The van der Waals surface area contributed by atoms with Crippen LogP contribution < -0.4 is 5.14 Å². The second-order valence-corrected chi connectivity index (χ2v) is 9.68. The van der Waals surface area contributed by atoms with Crippen LogP contribution in [0, 0.1) is 11.8 Å². The summed E-state index contributed by atoms with van der Waals surface area (Å²) in [7, 11) is -3.93. The molecule has 6 nitrogen and oxygen atoms in total. The number of nitrogens with two attached hydrogens (primary N) is 1. The van der Waals surface area contributed by atoms with Crippen LogP contribution in [-0.4, -0.2) is 23.0 Å². The Morgan fingerprint density at radius 2 is 1.62 bits per heavy atom. The van der Waals surface area contributed by atoms with E-state index in [1.54, 1.807) is 0 Å². The summed E-state index contributed by atoms with van der Waals surface area (Å²) in [5.74, 6) is 5.20. The summed E-state index contributed by atoms with van der Waals surface area (Å²) in [4.78, 5) is 4.01. The predicted octanol–water partition coefficient (Wildman–Crippen LogP) is 4.54. The normalized spacial score (nSPS) is 12.6. The maximum absolute atomic E-state index is 13.7. The van der Waals surface area contributed by atoms with Crippen LogP contribution in [0.4, 0.5) is 26.3 Å². The van der Waals surface area contributed by atoms with Gasteiger partial charge in [-0.15, -0.1) is 11.3 Å². The first-order valence-corrected chi connectivity index (χ1v) is 11.4. The molecule has 14 heteroatoms. The van der Waals surface area contributed by atoms with Crippen molar-refractivity contribution in [3.05, 3.63) is 70.4 Å². The molecule has 0 aliphatic rings. The number of imidazole rings is 1. The molecule has 0 saturated carbocycles. The minimum Gasteiger partial charge on any atom is -0.234 e. The van der Waals surface area contributed by atoms with Gasteiger partial charge in [-0.1, -0.05) is 12.1 Å². The third-order valence-electron chi connectivity index (χ3n) is 4.46. The molecule has 176 valence electrons. The summed E-state index contributed by atoms with van der Waals surface area (Å²) in [5, 5.41) is 9.13. The van der Waals surface area contributed by atoms with E-state index in [2.05, 4.69) is 21.9 Å². The van der Waals surface area contributed by atoms with Gasteiger partial charge in [0.05, 0.1) is 22.3 Å². The fourth-order valence-electron chi connectivity index (χ4n) is 2.90. The number of primary sulfonamides is 1. The average molecular weight is 516 g/mol. The Morgan fingerprint density at radius 1 is 0.941 bits per heavy atom. The molecule has 1 aromatic carbocycles. The van der Waals surface area contributed by atoms with Crippen molar-refractivity contribution >= 4 is 27.0 Å². The van der Waals surface area contributed by atoms with Gasteiger partial charge in [-0.3, -0.25) is 0 Å². The molecule has 4 aromatic rings. The summed E-state index contributed by atoms with van der Waals surface area (Å²) in [6, 6.07) is 6.82. The highest BCUT2D eigenvalue weighted by molar-refractivity contribution is 7.91. The molecule has 34 heavy (non-hydrogen) atoms. The van der Waals surface area contributed by atoms with E-state index < -0.39 is 39.1 Å². The lowest BCUT2D eigenvalue weighted by Crippen LogP contribution is -2.11. The molecule has 0 amide bonds. The molecule has 0 saturated heterocycles. The van der Waals surface area contributed by atoms with Crippen LogP contribution in [0.25, 0.3) is 16.9 Å². The zero-order valence-electron chi connectivity index (χ0n) is 16.4. The van der Waals surface area contributed by atoms with Crippen LogP contribution in [0.2, 0.25) is 0 Å². The van der Waals surface area contributed by atoms with E-state index in [0.29, 0.717) is 6.07 Å². The van der Waals surface area contributed by atoms with Crippen molar-refractivity contribution in [3.8, 4) is 23.1 Å². The number of thiophene rings is 1. The lowest BCUT2D eigenvalue weighted by Gasteiger charge is -2.11. The molecule has 0 aliphatic carbocycles. The van der Waals surface area contributed by atoms with Crippen LogP contribution in [-0.2, 0) is 22.4 Å². The highest BCUT2D eigenvalue weighted by Crippen LogP contribution is 2.35. The summed E-state index contributed by atoms with van der Waals surface area (Å²) in [6.07, 6.45) is -8.39. The number of halogens is 6. The standard InChI is InChI=1S/C20H10F6N4O2S2/c21-19(22,23)12-3-1-11(2-4-12)16-9-15(20(24,25)26)18-28-10-13(30(18)29-16)5-6-14-7-8-17(33-14)34(27,31)32/h1-4,7-10H,(H2,27,31,32). The monoisotopic (exact) mass is 516 g/mol. The minimum absolute atomic E-state index is 0.0176. The highest BCUT2D eigenvalue weighted by atomic mass is 32.2. The fourth-order valence-corrected chi connectivity index (χ4v) is 4.48. The third-order valence-corrected chi connectivity index (χ3v) is 6.90. The van der Waals surface area contributed by atoms with E-state index in [-0.39, 0.29) is 26.0 Å². The van der Waals surface area contributed by atoms with Gasteiger partial charge in [0.15, 0.2) is 5.65 Å². The SMILES string of the molecule is NS(=O)(=O)c1ccc(C#Cc2cnc3c(C(F)(F)F)cc(-c4ccc(C(F)(F)F)cc4)nn23)s1. The largest absolute Gasteiger partial charge is 0.420 e. The summed E-state index contributed by atoms with van der Waals surface area (Å²) < 4.78 is 103. The zero-order chi connectivity index (χ0) is 24.9. The molecular weight excluding hydrogens is 506 g/mol. The Balaban J connectivity index is 1.83. The molecule has 0 atom stereocenters. The first kappa shape index (κ1) is 23.7. The topological polar surface area (TPSA) is 90.4 Å². The summed E-state index contributed by atoms with van der Waals surface area (Å²) in [6.45, 7) is 0. The summed E-state index contributed by atoms with van der Waals surface area (Å²) in [5.41, 5.74) is -2.95. The van der Waals surface area contributed by atoms with Gasteiger partial charge < -0.3 is 0 Å². The number of hydrogen-bond donors (Lipinski definition) is 1. The lowest BCUT2D eigenvalue weighted by molar-refractivity contribution is -0.138. The Morgan fingerprint density at radius 3 is 2.18 bits per heavy atom. The molecule has 4 rings (SSSR count). The van der Waals surface area contributed by atoms with Gasteiger partial charge in [0, 0.05) is 5.56 Å². The second-order valence-electron chi connectivity index (χ2n) is 6.81. The Labute approximate surface area is 191 Å². The number of hydrogen-bond acceptors (Lipinski definition) is 5.